The predicted molar refractivity (Wildman–Crippen MR) is 221 cm³/mol. The summed E-state index contributed by atoms with van der Waals surface area (Å²) in [4.78, 5) is 0. The molecule has 0 spiro atoms. The second-order valence-electron chi connectivity index (χ2n) is 15.4. The smallest absolute Gasteiger partial charge is 0.322 e. The highest BCUT2D eigenvalue weighted by atomic mass is 28.3. The molecule has 0 rings (SSSR count). The highest BCUT2D eigenvalue weighted by Gasteiger charge is 2.12. The van der Waals surface area contributed by atoms with Gasteiger partial charge in [0, 0.05) is 32.5 Å². The first-order valence-corrected chi connectivity index (χ1v) is 24.6. The fourth-order valence-corrected chi connectivity index (χ4v) is 8.51. The van der Waals surface area contributed by atoms with Crippen LogP contribution >= 0.6 is 0 Å². The zero-order valence-electron chi connectivity index (χ0n) is 34.1. The van der Waals surface area contributed by atoms with Crippen molar-refractivity contribution in [2.75, 3.05) is 33.0 Å². The molecule has 1 unspecified atom stereocenters. The van der Waals surface area contributed by atoms with Gasteiger partial charge in [-0.25, -0.2) is 0 Å². The molecule has 0 fully saturated rings. The van der Waals surface area contributed by atoms with Crippen LogP contribution in [0.1, 0.15) is 245 Å². The Balaban J connectivity index is 3.29. The number of rotatable bonds is 45. The van der Waals surface area contributed by atoms with E-state index in [1.54, 1.807) is 0 Å². The van der Waals surface area contributed by atoms with Crippen LogP contribution in [0.2, 0.25) is 6.04 Å². The average molecular weight is 712 g/mol. The minimum atomic E-state index is -1.56. The Labute approximate surface area is 311 Å². The van der Waals surface area contributed by atoms with Gasteiger partial charge in [0.25, 0.3) is 0 Å². The number of nitrogens with two attached hydrogens (primary N) is 1. The van der Waals surface area contributed by atoms with E-state index in [0.717, 1.165) is 32.5 Å². The van der Waals surface area contributed by atoms with Crippen molar-refractivity contribution in [1.29, 1.82) is 0 Å². The average Bonchev–Trinajstić information content (AvgIpc) is 3.11. The third kappa shape index (κ3) is 44.1. The maximum absolute atomic E-state index is 6.18. The van der Waals surface area contributed by atoms with E-state index in [-0.39, 0.29) is 0 Å². The van der Waals surface area contributed by atoms with E-state index >= 15 is 0 Å². The van der Waals surface area contributed by atoms with E-state index in [9.17, 15) is 0 Å². The number of hydrogen-bond acceptors (Lipinski definition) is 4. The molecule has 0 aromatic heterocycles. The summed E-state index contributed by atoms with van der Waals surface area (Å²) >= 11 is 0. The lowest BCUT2D eigenvalue weighted by atomic mass is 10.0. The molecule has 0 aromatic carbocycles. The lowest BCUT2D eigenvalue weighted by Gasteiger charge is -2.16. The van der Waals surface area contributed by atoms with Gasteiger partial charge in [-0.15, -0.1) is 0 Å². The Morgan fingerprint density at radius 2 is 0.531 bits per heavy atom. The van der Waals surface area contributed by atoms with Crippen LogP contribution in [0.5, 0.6) is 0 Å². The largest absolute Gasteiger partial charge is 0.396 e. The van der Waals surface area contributed by atoms with Crippen molar-refractivity contribution in [3.63, 3.8) is 0 Å². The van der Waals surface area contributed by atoms with Gasteiger partial charge in [0.2, 0.25) is 0 Å². The molecule has 0 aliphatic carbocycles. The van der Waals surface area contributed by atoms with Crippen molar-refractivity contribution in [1.82, 2.24) is 0 Å². The summed E-state index contributed by atoms with van der Waals surface area (Å²) < 4.78 is 18.2. The van der Waals surface area contributed by atoms with Crippen LogP contribution in [0, 0.1) is 0 Å². The molecule has 0 aliphatic heterocycles. The summed E-state index contributed by atoms with van der Waals surface area (Å²) in [6.07, 6.45) is 49.8. The van der Waals surface area contributed by atoms with Crippen LogP contribution < -0.4 is 5.73 Å². The normalized spacial score (nSPS) is 12.3. The lowest BCUT2D eigenvalue weighted by Crippen LogP contribution is -2.27. The van der Waals surface area contributed by atoms with Crippen molar-refractivity contribution in [3.8, 4) is 0 Å². The number of hydrogen-bond donors (Lipinski definition) is 1. The Bertz CT molecular complexity index is 566. The number of unbranched alkanes of at least 4 members (excludes halogenated alkanes) is 33. The molecular formula is C44H93NO3Si. The summed E-state index contributed by atoms with van der Waals surface area (Å²) in [7, 11) is -1.56. The van der Waals surface area contributed by atoms with Gasteiger partial charge < -0.3 is 19.3 Å². The summed E-state index contributed by atoms with van der Waals surface area (Å²) in [6.45, 7) is 9.00. The maximum Gasteiger partial charge on any atom is 0.322 e. The van der Waals surface area contributed by atoms with Gasteiger partial charge in [0.15, 0.2) is 0 Å². The molecule has 49 heavy (non-hydrogen) atoms. The van der Waals surface area contributed by atoms with E-state index in [1.807, 2.05) is 0 Å². The second kappa shape index (κ2) is 46.1. The molecule has 0 radical (unpaired) electrons. The van der Waals surface area contributed by atoms with E-state index in [4.69, 9.17) is 19.3 Å². The molecule has 0 saturated carbocycles. The van der Waals surface area contributed by atoms with Gasteiger partial charge in [0.1, 0.15) is 0 Å². The summed E-state index contributed by atoms with van der Waals surface area (Å²) in [6, 6.07) is 0.950. The molecule has 296 valence electrons. The molecule has 0 heterocycles. The molecule has 0 bridgehead atoms. The van der Waals surface area contributed by atoms with Crippen LogP contribution in [0.3, 0.4) is 0 Å². The van der Waals surface area contributed by atoms with Gasteiger partial charge in [-0.1, -0.05) is 219 Å². The quantitative estimate of drug-likeness (QED) is 0.0505. The van der Waals surface area contributed by atoms with Gasteiger partial charge in [-0.2, -0.15) is 0 Å². The van der Waals surface area contributed by atoms with E-state index in [2.05, 4.69) is 13.8 Å². The molecule has 0 aromatic rings. The van der Waals surface area contributed by atoms with Crippen molar-refractivity contribution in [2.45, 2.75) is 251 Å². The lowest BCUT2D eigenvalue weighted by molar-refractivity contribution is 0.125. The van der Waals surface area contributed by atoms with Crippen LogP contribution in [-0.4, -0.2) is 42.3 Å². The maximum atomic E-state index is 6.18. The first-order valence-electron chi connectivity index (χ1n) is 22.9. The van der Waals surface area contributed by atoms with E-state index < -0.39 is 9.28 Å². The van der Waals surface area contributed by atoms with Gasteiger partial charge in [0.05, 0.1) is 0 Å². The monoisotopic (exact) mass is 712 g/mol. The standard InChI is InChI=1S/C44H93NO3Si/c1-3-5-7-9-11-13-15-16-17-21-25-29-33-37-42-47-49(44-39-45)48-43-38-34-30-26-22-19-18-20-24-28-32-36-41-46-40-35-31-27-23-14-12-10-8-6-4-2/h49H,3-45H2,1-2H3. The molecule has 4 nitrogen and oxygen atoms in total. The molecule has 0 amide bonds. The SMILES string of the molecule is CCCCCCCCCCCCCCCCO[SiH](CCN)OCCCCCCCCCCCCCCOCCCCCCCCCCCC. The molecule has 0 aliphatic rings. The molecule has 1 atom stereocenters. The zero-order chi connectivity index (χ0) is 35.4. The topological polar surface area (TPSA) is 53.7 Å². The number of ether oxygens (including phenoxy) is 1. The first kappa shape index (κ1) is 49.1. The minimum Gasteiger partial charge on any atom is -0.396 e. The molecule has 0 saturated heterocycles. The van der Waals surface area contributed by atoms with Crippen LogP contribution in [0.4, 0.5) is 0 Å². The molecular weight excluding hydrogens is 619 g/mol. The predicted octanol–water partition coefficient (Wildman–Crippen LogP) is 14.3. The van der Waals surface area contributed by atoms with Gasteiger partial charge in [-0.3, -0.25) is 0 Å². The van der Waals surface area contributed by atoms with Crippen molar-refractivity contribution in [2.24, 2.45) is 5.73 Å². The Morgan fingerprint density at radius 1 is 0.306 bits per heavy atom. The highest BCUT2D eigenvalue weighted by molar-refractivity contribution is 6.44. The van der Waals surface area contributed by atoms with Crippen LogP contribution in [0.25, 0.3) is 0 Å². The third-order valence-electron chi connectivity index (χ3n) is 10.3. The Hall–Kier alpha value is 0.0569. The zero-order valence-corrected chi connectivity index (χ0v) is 35.2. The summed E-state index contributed by atoms with van der Waals surface area (Å²) in [5.41, 5.74) is 5.85. The van der Waals surface area contributed by atoms with Crippen LogP contribution in [0.15, 0.2) is 0 Å². The van der Waals surface area contributed by atoms with Crippen molar-refractivity contribution >= 4 is 9.28 Å². The highest BCUT2D eigenvalue weighted by Crippen LogP contribution is 2.15. The summed E-state index contributed by atoms with van der Waals surface area (Å²) in [5, 5.41) is 0. The van der Waals surface area contributed by atoms with Crippen LogP contribution in [-0.2, 0) is 13.6 Å². The third-order valence-corrected chi connectivity index (χ3v) is 12.4. The van der Waals surface area contributed by atoms with Gasteiger partial charge >= 0.3 is 9.28 Å². The summed E-state index contributed by atoms with van der Waals surface area (Å²) in [5.74, 6) is 0. The fraction of sp³-hybridized carbons (Fsp3) is 1.00. The van der Waals surface area contributed by atoms with E-state index in [1.165, 1.54) is 231 Å². The van der Waals surface area contributed by atoms with Crippen molar-refractivity contribution in [3.05, 3.63) is 0 Å². The Morgan fingerprint density at radius 3 is 0.776 bits per heavy atom. The second-order valence-corrected chi connectivity index (χ2v) is 17.5. The first-order chi connectivity index (χ1) is 24.3. The molecule has 5 heteroatoms. The molecule has 2 N–H and O–H groups in total. The fourth-order valence-electron chi connectivity index (χ4n) is 6.94. The van der Waals surface area contributed by atoms with Gasteiger partial charge in [-0.05, 0) is 32.2 Å². The Kier molecular flexibility index (Phi) is 46.1. The van der Waals surface area contributed by atoms with Crippen molar-refractivity contribution < 1.29 is 13.6 Å². The minimum absolute atomic E-state index is 0.698. The van der Waals surface area contributed by atoms with E-state index in [0.29, 0.717) is 6.54 Å².